The molecule has 5 nitrogen and oxygen atoms in total. The minimum Gasteiger partial charge on any atom is -0.469 e. The van der Waals surface area contributed by atoms with E-state index in [1.165, 1.54) is 9.80 Å². The van der Waals surface area contributed by atoms with Gasteiger partial charge < -0.3 is 14.6 Å². The van der Waals surface area contributed by atoms with Gasteiger partial charge in [0.1, 0.15) is 11.8 Å². The maximum absolute atomic E-state index is 12.7. The Morgan fingerprint density at radius 1 is 1.36 bits per heavy atom. The van der Waals surface area contributed by atoms with Gasteiger partial charge in [-0.2, -0.15) is 13.2 Å². The molecule has 0 saturated carbocycles. The standard InChI is InChI=1S/C14H20F3N3O2/c1-10-12(3-8-22-10)9-18-13(21)20-6-4-19(5-7-20)11(2)14(15,16)17/h3,8,11H,4-7,9H2,1-2H3,(H,18,21)/t11-/m0/s1. The number of halogens is 3. The van der Waals surface area contributed by atoms with Crippen molar-refractivity contribution in [2.24, 2.45) is 0 Å². The van der Waals surface area contributed by atoms with E-state index in [9.17, 15) is 18.0 Å². The number of urea groups is 1. The zero-order chi connectivity index (χ0) is 16.3. The van der Waals surface area contributed by atoms with Crippen molar-refractivity contribution in [1.29, 1.82) is 0 Å². The number of hydrogen-bond donors (Lipinski definition) is 1. The monoisotopic (exact) mass is 319 g/mol. The van der Waals surface area contributed by atoms with Crippen LogP contribution in [0.1, 0.15) is 18.2 Å². The quantitative estimate of drug-likeness (QED) is 0.930. The van der Waals surface area contributed by atoms with Crippen molar-refractivity contribution in [2.75, 3.05) is 26.2 Å². The third-order valence-corrected chi connectivity index (χ3v) is 4.02. The van der Waals surface area contributed by atoms with E-state index in [0.29, 0.717) is 6.54 Å². The molecule has 2 heterocycles. The summed E-state index contributed by atoms with van der Waals surface area (Å²) in [6.45, 7) is 4.32. The lowest BCUT2D eigenvalue weighted by molar-refractivity contribution is -0.181. The molecule has 1 aliphatic heterocycles. The number of furan rings is 1. The van der Waals surface area contributed by atoms with Gasteiger partial charge in [0.15, 0.2) is 0 Å². The highest BCUT2D eigenvalue weighted by atomic mass is 19.4. The highest BCUT2D eigenvalue weighted by Gasteiger charge is 2.41. The van der Waals surface area contributed by atoms with E-state index in [-0.39, 0.29) is 32.2 Å². The first-order valence-corrected chi connectivity index (χ1v) is 7.15. The fraction of sp³-hybridized carbons (Fsp3) is 0.643. The zero-order valence-electron chi connectivity index (χ0n) is 12.6. The van der Waals surface area contributed by atoms with Crippen molar-refractivity contribution in [3.8, 4) is 0 Å². The van der Waals surface area contributed by atoms with E-state index in [0.717, 1.165) is 18.2 Å². The Labute approximate surface area is 127 Å². The summed E-state index contributed by atoms with van der Waals surface area (Å²) in [5.74, 6) is 0.740. The molecular weight excluding hydrogens is 299 g/mol. The Kier molecular flexibility index (Phi) is 5.00. The van der Waals surface area contributed by atoms with Crippen molar-refractivity contribution in [2.45, 2.75) is 32.6 Å². The summed E-state index contributed by atoms with van der Waals surface area (Å²) < 4.78 is 43.1. The van der Waals surface area contributed by atoms with Gasteiger partial charge in [-0.1, -0.05) is 0 Å². The van der Waals surface area contributed by atoms with Gasteiger partial charge in [-0.25, -0.2) is 4.79 Å². The van der Waals surface area contributed by atoms with Gasteiger partial charge in [-0.05, 0) is 19.9 Å². The highest BCUT2D eigenvalue weighted by Crippen LogP contribution is 2.25. The number of rotatable bonds is 3. The molecule has 0 radical (unpaired) electrons. The fourth-order valence-electron chi connectivity index (χ4n) is 2.40. The van der Waals surface area contributed by atoms with Crippen LogP contribution in [0.15, 0.2) is 16.7 Å². The Morgan fingerprint density at radius 3 is 2.50 bits per heavy atom. The molecule has 1 N–H and O–H groups in total. The molecule has 0 unspecified atom stereocenters. The number of piperazine rings is 1. The van der Waals surface area contributed by atoms with Crippen LogP contribution in [0.25, 0.3) is 0 Å². The second-order valence-corrected chi connectivity index (χ2v) is 5.40. The van der Waals surface area contributed by atoms with Crippen LogP contribution in [0, 0.1) is 6.92 Å². The lowest BCUT2D eigenvalue weighted by Gasteiger charge is -2.38. The Morgan fingerprint density at radius 2 is 2.00 bits per heavy atom. The van der Waals surface area contributed by atoms with Crippen molar-refractivity contribution in [3.05, 3.63) is 23.7 Å². The maximum atomic E-state index is 12.7. The van der Waals surface area contributed by atoms with Crippen LogP contribution in [-0.4, -0.2) is 54.2 Å². The van der Waals surface area contributed by atoms with Gasteiger partial charge in [0.2, 0.25) is 0 Å². The molecule has 1 fully saturated rings. The average Bonchev–Trinajstić information content (AvgIpc) is 2.88. The number of hydrogen-bond acceptors (Lipinski definition) is 3. The molecule has 1 aromatic rings. The summed E-state index contributed by atoms with van der Waals surface area (Å²) in [5.41, 5.74) is 0.887. The summed E-state index contributed by atoms with van der Waals surface area (Å²) in [6, 6.07) is 0.0321. The molecule has 2 amide bonds. The molecule has 0 spiro atoms. The van der Waals surface area contributed by atoms with Crippen LogP contribution in [0.3, 0.4) is 0 Å². The van der Waals surface area contributed by atoms with Crippen molar-refractivity contribution >= 4 is 6.03 Å². The number of carbonyl (C=O) groups excluding carboxylic acids is 1. The molecular formula is C14H20F3N3O2. The van der Waals surface area contributed by atoms with Gasteiger partial charge in [0.05, 0.1) is 6.26 Å². The van der Waals surface area contributed by atoms with Gasteiger partial charge in [0, 0.05) is 38.3 Å². The summed E-state index contributed by atoms with van der Waals surface area (Å²) in [7, 11) is 0. The molecule has 0 aromatic carbocycles. The van der Waals surface area contributed by atoms with Crippen LogP contribution < -0.4 is 5.32 Å². The first-order valence-electron chi connectivity index (χ1n) is 7.15. The van der Waals surface area contributed by atoms with Crippen LogP contribution in [0.5, 0.6) is 0 Å². The van der Waals surface area contributed by atoms with Crippen molar-refractivity contribution < 1.29 is 22.4 Å². The Hall–Kier alpha value is -1.70. The van der Waals surface area contributed by atoms with Gasteiger partial charge in [0.25, 0.3) is 0 Å². The Balaban J connectivity index is 1.79. The number of nitrogens with zero attached hydrogens (tertiary/aromatic N) is 2. The molecule has 1 aliphatic rings. The number of aryl methyl sites for hydroxylation is 1. The number of carbonyl (C=O) groups is 1. The summed E-state index contributed by atoms with van der Waals surface area (Å²) >= 11 is 0. The normalized spacial score (nSPS) is 18.3. The van der Waals surface area contributed by atoms with Gasteiger partial charge in [-0.3, -0.25) is 4.90 Å². The van der Waals surface area contributed by atoms with E-state index < -0.39 is 12.2 Å². The molecule has 2 rings (SSSR count). The highest BCUT2D eigenvalue weighted by molar-refractivity contribution is 5.74. The summed E-state index contributed by atoms with van der Waals surface area (Å²) in [5, 5.41) is 2.76. The fourth-order valence-corrected chi connectivity index (χ4v) is 2.40. The first kappa shape index (κ1) is 16.7. The predicted molar refractivity (Wildman–Crippen MR) is 74.3 cm³/mol. The summed E-state index contributed by atoms with van der Waals surface area (Å²) in [6.07, 6.45) is -2.68. The largest absolute Gasteiger partial charge is 0.469 e. The smallest absolute Gasteiger partial charge is 0.403 e. The van der Waals surface area contributed by atoms with Crippen molar-refractivity contribution in [3.63, 3.8) is 0 Å². The van der Waals surface area contributed by atoms with Crippen LogP contribution >= 0.6 is 0 Å². The Bertz CT molecular complexity index is 508. The molecule has 1 aromatic heterocycles. The van der Waals surface area contributed by atoms with E-state index in [4.69, 9.17) is 4.42 Å². The van der Waals surface area contributed by atoms with Crippen LogP contribution in [0.2, 0.25) is 0 Å². The molecule has 22 heavy (non-hydrogen) atoms. The molecule has 1 saturated heterocycles. The summed E-state index contributed by atoms with van der Waals surface area (Å²) in [4.78, 5) is 14.9. The van der Waals surface area contributed by atoms with E-state index in [2.05, 4.69) is 5.32 Å². The lowest BCUT2D eigenvalue weighted by Crippen LogP contribution is -2.56. The molecule has 8 heteroatoms. The number of alkyl halides is 3. The van der Waals surface area contributed by atoms with Crippen LogP contribution in [-0.2, 0) is 6.54 Å². The topological polar surface area (TPSA) is 48.7 Å². The van der Waals surface area contributed by atoms with E-state index in [1.807, 2.05) is 0 Å². The first-order chi connectivity index (χ1) is 10.3. The minimum absolute atomic E-state index is 0.221. The van der Waals surface area contributed by atoms with E-state index >= 15 is 0 Å². The number of amides is 2. The third-order valence-electron chi connectivity index (χ3n) is 4.02. The second kappa shape index (κ2) is 6.60. The molecule has 124 valence electrons. The predicted octanol–water partition coefficient (Wildman–Crippen LogP) is 2.37. The lowest BCUT2D eigenvalue weighted by atomic mass is 10.2. The third kappa shape index (κ3) is 3.94. The minimum atomic E-state index is -4.23. The second-order valence-electron chi connectivity index (χ2n) is 5.40. The van der Waals surface area contributed by atoms with E-state index in [1.54, 1.807) is 19.3 Å². The maximum Gasteiger partial charge on any atom is 0.403 e. The average molecular weight is 319 g/mol. The van der Waals surface area contributed by atoms with Crippen molar-refractivity contribution in [1.82, 2.24) is 15.1 Å². The van der Waals surface area contributed by atoms with Gasteiger partial charge in [-0.15, -0.1) is 0 Å². The molecule has 0 bridgehead atoms. The van der Waals surface area contributed by atoms with Crippen LogP contribution in [0.4, 0.5) is 18.0 Å². The van der Waals surface area contributed by atoms with Gasteiger partial charge >= 0.3 is 12.2 Å². The number of nitrogens with one attached hydrogen (secondary N) is 1. The SMILES string of the molecule is Cc1occc1CNC(=O)N1CCN([C@@H](C)C(F)(F)F)CC1. The molecule has 1 atom stereocenters. The zero-order valence-corrected chi connectivity index (χ0v) is 12.6. The molecule has 0 aliphatic carbocycles.